The maximum Gasteiger partial charge on any atom is 0.0774 e. The molecule has 4 nitrogen and oxygen atoms in total. The van der Waals surface area contributed by atoms with Gasteiger partial charge in [0, 0.05) is 60.2 Å². The first-order chi connectivity index (χ1) is 29.6. The van der Waals surface area contributed by atoms with Crippen LogP contribution >= 0.6 is 0 Å². The molecular formula is C50H41IrN3O-2. The number of aryl methyl sites for hydroxylation is 2. The van der Waals surface area contributed by atoms with Gasteiger partial charge in [0.15, 0.2) is 0 Å². The first-order valence-corrected chi connectivity index (χ1v) is 17.8. The molecule has 0 atom stereocenters. The zero-order chi connectivity index (χ0) is 43.8. The average Bonchev–Trinajstić information content (AvgIpc) is 3.87. The van der Waals surface area contributed by atoms with Gasteiger partial charge < -0.3 is 14.0 Å². The average molecular weight is 900 g/mol. The number of imidazole rings is 1. The number of hydrogen-bond acceptors (Lipinski definition) is 3. The molecule has 3 heterocycles. The third-order valence-electron chi connectivity index (χ3n) is 9.03. The Hall–Kier alpha value is -5.87. The third-order valence-corrected chi connectivity index (χ3v) is 9.03. The van der Waals surface area contributed by atoms with Crippen molar-refractivity contribution in [3.05, 3.63) is 187 Å². The smallest absolute Gasteiger partial charge is 0.0774 e. The summed E-state index contributed by atoms with van der Waals surface area (Å²) in [5.74, 6) is 0.503. The van der Waals surface area contributed by atoms with Gasteiger partial charge in [0.05, 0.1) is 22.5 Å². The van der Waals surface area contributed by atoms with Crippen LogP contribution < -0.4 is 0 Å². The SMILES string of the molecule is [2H]C([2H])([2H])c1c[c-]c(-c2ccc(C([2H])([2H])[2H])cn2)cc1.[2H]C([2H])(c1ccc2o[c-]c(-c3nc4ccccc4n3-c3c(-c4ccccc4)cccc3-c3ccccc3)c2c1)C(C)C.[Ir]. The Labute approximate surface area is 348 Å². The molecule has 0 bridgehead atoms. The van der Waals surface area contributed by atoms with Crippen LogP contribution in [0.25, 0.3) is 72.6 Å². The fourth-order valence-corrected chi connectivity index (χ4v) is 6.61. The normalized spacial score (nSPS) is 13.9. The van der Waals surface area contributed by atoms with E-state index < -0.39 is 20.1 Å². The maximum absolute atomic E-state index is 8.74. The Balaban J connectivity index is 0.000000239. The van der Waals surface area contributed by atoms with Crippen LogP contribution in [-0.4, -0.2) is 14.5 Å². The van der Waals surface area contributed by atoms with Crippen molar-refractivity contribution in [1.29, 1.82) is 0 Å². The van der Waals surface area contributed by atoms with Crippen molar-refractivity contribution in [2.45, 2.75) is 33.9 Å². The molecule has 9 rings (SSSR count). The molecule has 0 unspecified atom stereocenters. The topological polar surface area (TPSA) is 43.9 Å². The summed E-state index contributed by atoms with van der Waals surface area (Å²) in [5, 5.41) is 0.784. The first-order valence-electron chi connectivity index (χ1n) is 21.8. The van der Waals surface area contributed by atoms with Crippen LogP contribution in [0.3, 0.4) is 0 Å². The van der Waals surface area contributed by atoms with Gasteiger partial charge in [-0.15, -0.1) is 35.4 Å². The Morgan fingerprint density at radius 3 is 2.07 bits per heavy atom. The molecule has 0 N–H and O–H groups in total. The molecule has 0 aliphatic carbocycles. The van der Waals surface area contributed by atoms with Gasteiger partial charge in [0.1, 0.15) is 0 Å². The van der Waals surface area contributed by atoms with Crippen molar-refractivity contribution in [2.24, 2.45) is 5.92 Å². The number of aromatic nitrogens is 3. The molecule has 55 heavy (non-hydrogen) atoms. The zero-order valence-electron chi connectivity index (χ0n) is 38.2. The number of furan rings is 1. The minimum Gasteiger partial charge on any atom is -0.557 e. The van der Waals surface area contributed by atoms with Crippen LogP contribution in [0.2, 0.25) is 0 Å². The van der Waals surface area contributed by atoms with E-state index in [1.54, 1.807) is 12.1 Å². The molecular weight excluding hydrogens is 851 g/mol. The van der Waals surface area contributed by atoms with Gasteiger partial charge in [-0.2, -0.15) is 0 Å². The number of benzene rings is 6. The molecule has 0 saturated carbocycles. The van der Waals surface area contributed by atoms with Gasteiger partial charge in [0.2, 0.25) is 0 Å². The second kappa shape index (κ2) is 16.6. The van der Waals surface area contributed by atoms with Crippen LogP contribution in [0.15, 0.2) is 162 Å². The van der Waals surface area contributed by atoms with Crippen molar-refractivity contribution in [2.75, 3.05) is 0 Å². The van der Waals surface area contributed by atoms with Crippen LogP contribution in [0.1, 0.15) is 41.5 Å². The van der Waals surface area contributed by atoms with E-state index in [1.807, 2.05) is 62.4 Å². The molecule has 0 aliphatic rings. The summed E-state index contributed by atoms with van der Waals surface area (Å²) in [6.07, 6.45) is 2.95. The fourth-order valence-electron chi connectivity index (χ4n) is 6.61. The summed E-state index contributed by atoms with van der Waals surface area (Å²) < 4.78 is 69.3. The Kier molecular flexibility index (Phi) is 8.64. The summed E-state index contributed by atoms with van der Waals surface area (Å²) in [5.41, 5.74) is 10.7. The summed E-state index contributed by atoms with van der Waals surface area (Å²) in [4.78, 5) is 9.23. The predicted octanol–water partition coefficient (Wildman–Crippen LogP) is 12.9. The van der Waals surface area contributed by atoms with Gasteiger partial charge >= 0.3 is 0 Å². The van der Waals surface area contributed by atoms with E-state index in [-0.39, 0.29) is 37.2 Å². The van der Waals surface area contributed by atoms with Crippen LogP contribution in [0.4, 0.5) is 0 Å². The van der Waals surface area contributed by atoms with E-state index in [0.29, 0.717) is 33.8 Å². The van der Waals surface area contributed by atoms with E-state index in [9.17, 15) is 0 Å². The van der Waals surface area contributed by atoms with Gasteiger partial charge in [-0.05, 0) is 53.7 Å². The van der Waals surface area contributed by atoms with Crippen molar-refractivity contribution in [3.8, 4) is 50.6 Å². The molecule has 273 valence electrons. The van der Waals surface area contributed by atoms with Gasteiger partial charge in [-0.1, -0.05) is 159 Å². The van der Waals surface area contributed by atoms with Crippen molar-refractivity contribution < 1.29 is 35.5 Å². The quantitative estimate of drug-likeness (QED) is 0.150. The van der Waals surface area contributed by atoms with Crippen LogP contribution in [0, 0.1) is 32.0 Å². The van der Waals surface area contributed by atoms with Crippen LogP contribution in [-0.2, 0) is 26.5 Å². The van der Waals surface area contributed by atoms with Gasteiger partial charge in [0.25, 0.3) is 0 Å². The number of nitrogens with zero attached hydrogens (tertiary/aromatic N) is 3. The molecule has 6 aromatic carbocycles. The molecule has 0 aliphatic heterocycles. The van der Waals surface area contributed by atoms with Crippen LogP contribution in [0.5, 0.6) is 0 Å². The molecule has 0 spiro atoms. The molecule has 0 saturated heterocycles. The largest absolute Gasteiger partial charge is 0.557 e. The zero-order valence-corrected chi connectivity index (χ0v) is 32.6. The summed E-state index contributed by atoms with van der Waals surface area (Å²) in [6.45, 7) is -0.538. The fraction of sp³-hybridized carbons (Fsp3) is 0.120. The molecule has 0 amide bonds. The van der Waals surface area contributed by atoms with E-state index in [0.717, 1.165) is 44.4 Å². The Morgan fingerprint density at radius 1 is 0.745 bits per heavy atom. The molecule has 1 radical (unpaired) electrons. The maximum atomic E-state index is 8.74. The van der Waals surface area contributed by atoms with E-state index >= 15 is 0 Å². The number of para-hydroxylation sites is 3. The summed E-state index contributed by atoms with van der Waals surface area (Å²) >= 11 is 0. The molecule has 9 aromatic rings. The summed E-state index contributed by atoms with van der Waals surface area (Å²) in [7, 11) is 0. The minimum absolute atomic E-state index is 0. The number of fused-ring (bicyclic) bond motifs is 2. The standard InChI is InChI=1S/C37H29N2O.C13H12N.Ir/c1-25(2)22-26-20-21-35-31(23-26)32(24-40-35)37-38-33-18-9-10-19-34(33)39(37)36-29(27-12-5-3-6-13-27)16-11-17-30(36)28-14-7-4-8-15-28;1-10-3-6-12(7-4-10)13-8-5-11(2)9-14-13;/h3-21,23,25H,22H2,1-2H3;3-6,8-9H,1-2H3;/q2*-1;/i22D2;1D3,2D3;. The third kappa shape index (κ3) is 8.00. The Bertz CT molecular complexity index is 2860. The second-order valence-electron chi connectivity index (χ2n) is 13.2. The minimum atomic E-state index is -2.18. The first kappa shape index (κ1) is 28.6. The monoisotopic (exact) mass is 900 g/mol. The number of hydrogen-bond donors (Lipinski definition) is 0. The van der Waals surface area contributed by atoms with Crippen molar-refractivity contribution in [3.63, 3.8) is 0 Å². The Morgan fingerprint density at radius 2 is 1.44 bits per heavy atom. The van der Waals surface area contributed by atoms with Crippen molar-refractivity contribution >= 4 is 22.0 Å². The van der Waals surface area contributed by atoms with Crippen molar-refractivity contribution in [1.82, 2.24) is 14.5 Å². The molecule has 3 aromatic heterocycles. The van der Waals surface area contributed by atoms with E-state index in [2.05, 4.69) is 94.7 Å². The second-order valence-corrected chi connectivity index (χ2v) is 13.2. The van der Waals surface area contributed by atoms with Gasteiger partial charge in [-0.3, -0.25) is 4.98 Å². The molecule has 0 fully saturated rings. The molecule has 5 heteroatoms. The summed E-state index contributed by atoms with van der Waals surface area (Å²) in [6, 6.07) is 51.4. The number of pyridine rings is 1. The number of rotatable bonds is 7. The van der Waals surface area contributed by atoms with E-state index in [4.69, 9.17) is 20.4 Å². The van der Waals surface area contributed by atoms with Gasteiger partial charge in [-0.25, -0.2) is 0 Å². The predicted molar refractivity (Wildman–Crippen MR) is 223 cm³/mol. The van der Waals surface area contributed by atoms with E-state index in [1.165, 1.54) is 24.4 Å².